The zero-order valence-electron chi connectivity index (χ0n) is 15.6. The molecule has 138 valence electrons. The molecule has 2 aromatic carbocycles. The van der Waals surface area contributed by atoms with Crippen LogP contribution in [0.5, 0.6) is 5.75 Å². The van der Waals surface area contributed by atoms with Gasteiger partial charge in [-0.3, -0.25) is 14.5 Å². The van der Waals surface area contributed by atoms with Crippen molar-refractivity contribution in [3.05, 3.63) is 60.4 Å². The molecule has 6 nitrogen and oxygen atoms in total. The monoisotopic (exact) mass is 363 g/mol. The number of amides is 1. The van der Waals surface area contributed by atoms with E-state index in [0.29, 0.717) is 29.1 Å². The number of aromatic nitrogens is 2. The number of para-hydroxylation sites is 1. The van der Waals surface area contributed by atoms with Crippen LogP contribution in [0.3, 0.4) is 0 Å². The second kappa shape index (κ2) is 7.45. The Morgan fingerprint density at radius 3 is 2.67 bits per heavy atom. The number of nitrogens with one attached hydrogen (secondary N) is 1. The Bertz CT molecular complexity index is 1040. The highest BCUT2D eigenvalue weighted by Gasteiger charge is 2.21. The van der Waals surface area contributed by atoms with Gasteiger partial charge in [-0.1, -0.05) is 19.6 Å². The molecule has 0 radical (unpaired) electrons. The molecule has 1 amide bonds. The summed E-state index contributed by atoms with van der Waals surface area (Å²) in [6, 6.07) is 11.0. The maximum absolute atomic E-state index is 12.4. The van der Waals surface area contributed by atoms with Crippen LogP contribution in [-0.4, -0.2) is 21.8 Å². The number of anilines is 1. The molecular formula is C21H21N3O3. The van der Waals surface area contributed by atoms with Gasteiger partial charge >= 0.3 is 5.97 Å². The molecule has 0 spiro atoms. The van der Waals surface area contributed by atoms with Gasteiger partial charge in [0.2, 0.25) is 5.91 Å². The van der Waals surface area contributed by atoms with Crippen molar-refractivity contribution in [2.24, 2.45) is 0 Å². The van der Waals surface area contributed by atoms with E-state index in [-0.39, 0.29) is 11.9 Å². The minimum Gasteiger partial charge on any atom is -0.426 e. The summed E-state index contributed by atoms with van der Waals surface area (Å²) in [5.74, 6) is -0.0187. The van der Waals surface area contributed by atoms with Crippen molar-refractivity contribution in [2.45, 2.75) is 27.2 Å². The van der Waals surface area contributed by atoms with Crippen LogP contribution in [0.4, 0.5) is 5.69 Å². The summed E-state index contributed by atoms with van der Waals surface area (Å²) in [4.78, 5) is 32.7. The molecule has 0 saturated carbocycles. The molecule has 3 aromatic rings. The predicted octanol–water partition coefficient (Wildman–Crippen LogP) is 4.07. The van der Waals surface area contributed by atoms with Gasteiger partial charge in [0.15, 0.2) is 0 Å². The Labute approximate surface area is 157 Å². The van der Waals surface area contributed by atoms with E-state index in [9.17, 15) is 9.59 Å². The van der Waals surface area contributed by atoms with Crippen LogP contribution in [0.2, 0.25) is 0 Å². The fourth-order valence-electron chi connectivity index (χ4n) is 3.05. The molecule has 0 bridgehead atoms. The van der Waals surface area contributed by atoms with Gasteiger partial charge in [0.25, 0.3) is 0 Å². The number of aromatic amines is 1. The maximum atomic E-state index is 12.4. The first-order chi connectivity index (χ1) is 12.9. The number of aryl methyl sites for hydroxylation is 1. The molecule has 0 atom stereocenters. The van der Waals surface area contributed by atoms with E-state index < -0.39 is 0 Å². The highest BCUT2D eigenvalue weighted by molar-refractivity contribution is 6.09. The molecule has 0 aliphatic carbocycles. The topological polar surface area (TPSA) is 75.3 Å². The van der Waals surface area contributed by atoms with Gasteiger partial charge < -0.3 is 9.72 Å². The molecule has 6 heteroatoms. The molecule has 0 aliphatic heterocycles. The van der Waals surface area contributed by atoms with Crippen LogP contribution in [-0.2, 0) is 16.0 Å². The molecule has 0 fully saturated rings. The van der Waals surface area contributed by atoms with Crippen LogP contribution < -0.4 is 9.64 Å². The van der Waals surface area contributed by atoms with Crippen LogP contribution in [0, 0.1) is 0 Å². The first-order valence-electron chi connectivity index (χ1n) is 8.65. The largest absolute Gasteiger partial charge is 0.426 e. The van der Waals surface area contributed by atoms with Gasteiger partial charge in [0.05, 0.1) is 17.5 Å². The van der Waals surface area contributed by atoms with Crippen molar-refractivity contribution >= 4 is 34.3 Å². The second-order valence-electron chi connectivity index (χ2n) is 6.15. The van der Waals surface area contributed by atoms with Crippen molar-refractivity contribution in [3.8, 4) is 5.75 Å². The Morgan fingerprint density at radius 1 is 1.22 bits per heavy atom. The summed E-state index contributed by atoms with van der Waals surface area (Å²) in [6.07, 6.45) is 2.27. The number of imidazole rings is 1. The van der Waals surface area contributed by atoms with E-state index in [1.165, 1.54) is 13.8 Å². The van der Waals surface area contributed by atoms with Crippen molar-refractivity contribution in [1.29, 1.82) is 0 Å². The minimum absolute atomic E-state index is 0.169. The van der Waals surface area contributed by atoms with Crippen LogP contribution in [0.25, 0.3) is 16.7 Å². The van der Waals surface area contributed by atoms with E-state index in [4.69, 9.17) is 4.74 Å². The number of hydrogen-bond donors (Lipinski definition) is 1. The highest BCUT2D eigenvalue weighted by atomic mass is 16.5. The average Bonchev–Trinajstić information content (AvgIpc) is 3.11. The number of esters is 1. The fourth-order valence-corrected chi connectivity index (χ4v) is 3.05. The second-order valence-corrected chi connectivity index (χ2v) is 6.15. The fraction of sp³-hybridized carbons (Fsp3) is 0.190. The maximum Gasteiger partial charge on any atom is 0.308 e. The first kappa shape index (κ1) is 18.4. The third-order valence-corrected chi connectivity index (χ3v) is 4.28. The Balaban J connectivity index is 2.05. The van der Waals surface area contributed by atoms with Gasteiger partial charge in [-0.15, -0.1) is 0 Å². The number of ether oxygens (including phenoxy) is 1. The molecule has 0 aliphatic rings. The predicted molar refractivity (Wildman–Crippen MR) is 105 cm³/mol. The molecular weight excluding hydrogens is 342 g/mol. The molecule has 1 N–H and O–H groups in total. The SMILES string of the molecule is C=C(c1ccc(OC(C)=O)c(CC)c1)N(C(C)=O)c1cccc2[nH]cnc12. The zero-order valence-corrected chi connectivity index (χ0v) is 15.6. The number of carbonyl (C=O) groups excluding carboxylic acids is 2. The molecule has 1 aromatic heterocycles. The number of hydrogen-bond acceptors (Lipinski definition) is 4. The summed E-state index contributed by atoms with van der Waals surface area (Å²) >= 11 is 0. The number of H-pyrrole nitrogens is 1. The number of nitrogens with zero attached hydrogens (tertiary/aromatic N) is 2. The van der Waals surface area contributed by atoms with E-state index in [1.807, 2.05) is 31.2 Å². The summed E-state index contributed by atoms with van der Waals surface area (Å²) in [6.45, 7) is 8.97. The van der Waals surface area contributed by atoms with Crippen LogP contribution in [0.15, 0.2) is 49.3 Å². The van der Waals surface area contributed by atoms with E-state index in [0.717, 1.165) is 16.6 Å². The lowest BCUT2D eigenvalue weighted by Gasteiger charge is -2.24. The summed E-state index contributed by atoms with van der Waals surface area (Å²) in [5.41, 5.74) is 4.36. The third-order valence-electron chi connectivity index (χ3n) is 4.28. The van der Waals surface area contributed by atoms with Gasteiger partial charge in [-0.05, 0) is 47.9 Å². The highest BCUT2D eigenvalue weighted by Crippen LogP contribution is 2.32. The van der Waals surface area contributed by atoms with Crippen molar-refractivity contribution in [1.82, 2.24) is 9.97 Å². The van der Waals surface area contributed by atoms with Crippen LogP contribution in [0.1, 0.15) is 31.9 Å². The minimum atomic E-state index is -0.369. The molecule has 0 saturated heterocycles. The van der Waals surface area contributed by atoms with Gasteiger partial charge in [-0.2, -0.15) is 0 Å². The Hall–Kier alpha value is -3.41. The first-order valence-corrected chi connectivity index (χ1v) is 8.65. The zero-order chi connectivity index (χ0) is 19.6. The molecule has 3 rings (SSSR count). The molecule has 0 unspecified atom stereocenters. The Kier molecular flexibility index (Phi) is 5.07. The summed E-state index contributed by atoms with van der Waals surface area (Å²) < 4.78 is 5.25. The van der Waals surface area contributed by atoms with Crippen molar-refractivity contribution in [3.63, 3.8) is 0 Å². The van der Waals surface area contributed by atoms with Gasteiger partial charge in [0.1, 0.15) is 11.3 Å². The molecule has 27 heavy (non-hydrogen) atoms. The standard InChI is InChI=1S/C21H21N3O3/c1-5-16-11-17(9-10-20(16)27-15(4)26)13(2)24(14(3)25)19-8-6-7-18-21(19)23-12-22-18/h6-12H,2,5H2,1,3-4H3,(H,22,23). The number of rotatable bonds is 5. The quantitative estimate of drug-likeness (QED) is 0.548. The van der Waals surface area contributed by atoms with E-state index in [1.54, 1.807) is 23.4 Å². The van der Waals surface area contributed by atoms with Crippen LogP contribution >= 0.6 is 0 Å². The number of benzene rings is 2. The van der Waals surface area contributed by atoms with Gasteiger partial charge in [0, 0.05) is 19.5 Å². The third kappa shape index (κ3) is 3.60. The Morgan fingerprint density at radius 2 is 2.00 bits per heavy atom. The van der Waals surface area contributed by atoms with E-state index >= 15 is 0 Å². The normalized spacial score (nSPS) is 10.6. The number of fused-ring (bicyclic) bond motifs is 1. The smallest absolute Gasteiger partial charge is 0.308 e. The van der Waals surface area contributed by atoms with Gasteiger partial charge in [-0.25, -0.2) is 4.98 Å². The lowest BCUT2D eigenvalue weighted by atomic mass is 10.0. The lowest BCUT2D eigenvalue weighted by molar-refractivity contribution is -0.132. The lowest BCUT2D eigenvalue weighted by Crippen LogP contribution is -2.26. The summed E-state index contributed by atoms with van der Waals surface area (Å²) in [7, 11) is 0. The summed E-state index contributed by atoms with van der Waals surface area (Å²) in [5, 5.41) is 0. The van der Waals surface area contributed by atoms with Crippen molar-refractivity contribution < 1.29 is 14.3 Å². The number of carbonyl (C=O) groups is 2. The van der Waals surface area contributed by atoms with Crippen molar-refractivity contribution in [2.75, 3.05) is 4.90 Å². The average molecular weight is 363 g/mol. The molecule has 1 heterocycles. The van der Waals surface area contributed by atoms with E-state index in [2.05, 4.69) is 16.5 Å².